The molecule has 1 nitrogen and oxygen atoms in total. The van der Waals surface area contributed by atoms with Gasteiger partial charge in [0.2, 0.25) is 0 Å². The van der Waals surface area contributed by atoms with E-state index in [1.807, 2.05) is 11.3 Å². The van der Waals surface area contributed by atoms with E-state index in [0.717, 1.165) is 6.54 Å². The van der Waals surface area contributed by atoms with Crippen LogP contribution in [-0.4, -0.2) is 6.54 Å². The smallest absolute Gasteiger partial charge is 0.0383 e. The highest BCUT2D eigenvalue weighted by molar-refractivity contribution is 7.12. The molecule has 1 aliphatic heterocycles. The van der Waals surface area contributed by atoms with Crippen molar-refractivity contribution in [2.75, 3.05) is 6.54 Å². The molecular formula is C13H21NS. The number of thiophene rings is 1. The molecule has 1 unspecified atom stereocenters. The highest BCUT2D eigenvalue weighted by Crippen LogP contribution is 2.42. The van der Waals surface area contributed by atoms with Crippen LogP contribution in [0.5, 0.6) is 0 Å². The first kappa shape index (κ1) is 11.2. The molecule has 2 rings (SSSR count). The summed E-state index contributed by atoms with van der Waals surface area (Å²) in [5.74, 6) is 0. The first-order valence-electron chi connectivity index (χ1n) is 5.73. The minimum atomic E-state index is 0.313. The molecule has 0 spiro atoms. The monoisotopic (exact) mass is 223 g/mol. The largest absolute Gasteiger partial charge is 0.309 e. The second-order valence-electron chi connectivity index (χ2n) is 5.62. The number of aryl methyl sites for hydroxylation is 1. The van der Waals surface area contributed by atoms with E-state index in [4.69, 9.17) is 0 Å². The maximum absolute atomic E-state index is 3.68. The molecule has 0 radical (unpaired) electrons. The highest BCUT2D eigenvalue weighted by atomic mass is 32.1. The molecule has 0 aromatic carbocycles. The Morgan fingerprint density at radius 1 is 1.27 bits per heavy atom. The van der Waals surface area contributed by atoms with Gasteiger partial charge in [0, 0.05) is 22.3 Å². The normalized spacial score (nSPS) is 21.5. The summed E-state index contributed by atoms with van der Waals surface area (Å²) in [6.07, 6.45) is 1.21. The summed E-state index contributed by atoms with van der Waals surface area (Å²) >= 11 is 2.00. The van der Waals surface area contributed by atoms with Gasteiger partial charge in [-0.05, 0) is 36.8 Å². The van der Waals surface area contributed by atoms with Gasteiger partial charge in [0.05, 0.1) is 0 Å². The summed E-state index contributed by atoms with van der Waals surface area (Å²) in [5.41, 5.74) is 3.42. The zero-order valence-electron chi connectivity index (χ0n) is 10.4. The van der Waals surface area contributed by atoms with Crippen molar-refractivity contribution in [3.8, 4) is 0 Å². The zero-order valence-corrected chi connectivity index (χ0v) is 11.2. The van der Waals surface area contributed by atoms with Crippen molar-refractivity contribution in [2.45, 2.75) is 47.1 Å². The molecule has 0 fully saturated rings. The minimum absolute atomic E-state index is 0.313. The van der Waals surface area contributed by atoms with Crippen molar-refractivity contribution in [3.63, 3.8) is 0 Å². The van der Waals surface area contributed by atoms with Crippen molar-refractivity contribution in [1.82, 2.24) is 5.32 Å². The van der Waals surface area contributed by atoms with Crippen LogP contribution in [0, 0.1) is 19.3 Å². The standard InChI is InChI=1S/C13H21NS/c1-8-9(2)15-10-6-7-14-12(11(8)10)13(3,4)5/h12,14H,6-7H2,1-5H3. The van der Waals surface area contributed by atoms with E-state index in [1.165, 1.54) is 16.9 Å². The molecule has 0 saturated carbocycles. The molecule has 0 bridgehead atoms. The minimum Gasteiger partial charge on any atom is -0.309 e. The van der Waals surface area contributed by atoms with E-state index in [1.54, 1.807) is 10.4 Å². The second kappa shape index (κ2) is 3.60. The maximum Gasteiger partial charge on any atom is 0.0383 e. The lowest BCUT2D eigenvalue weighted by molar-refractivity contribution is 0.264. The van der Waals surface area contributed by atoms with E-state index < -0.39 is 0 Å². The van der Waals surface area contributed by atoms with Gasteiger partial charge in [-0.1, -0.05) is 20.8 Å². The molecule has 1 aromatic rings. The quantitative estimate of drug-likeness (QED) is 0.708. The van der Waals surface area contributed by atoms with Gasteiger partial charge in [-0.2, -0.15) is 0 Å². The van der Waals surface area contributed by atoms with Crippen LogP contribution in [0.25, 0.3) is 0 Å². The van der Waals surface area contributed by atoms with Crippen LogP contribution in [0.3, 0.4) is 0 Å². The Hall–Kier alpha value is -0.340. The van der Waals surface area contributed by atoms with Crippen molar-refractivity contribution in [3.05, 3.63) is 20.9 Å². The van der Waals surface area contributed by atoms with Crippen molar-refractivity contribution in [2.24, 2.45) is 5.41 Å². The Labute approximate surface area is 96.9 Å². The number of hydrogen-bond acceptors (Lipinski definition) is 2. The molecule has 2 heterocycles. The SMILES string of the molecule is Cc1sc2c(c1C)C(C(C)(C)C)NCC2. The van der Waals surface area contributed by atoms with Gasteiger partial charge in [-0.3, -0.25) is 0 Å². The first-order chi connectivity index (χ1) is 6.91. The van der Waals surface area contributed by atoms with Gasteiger partial charge in [-0.25, -0.2) is 0 Å². The lowest BCUT2D eigenvalue weighted by Gasteiger charge is -2.35. The fourth-order valence-electron chi connectivity index (χ4n) is 2.45. The average Bonchev–Trinajstić information content (AvgIpc) is 2.41. The third-order valence-corrected chi connectivity index (χ3v) is 4.65. The molecule has 1 N–H and O–H groups in total. The van der Waals surface area contributed by atoms with E-state index in [2.05, 4.69) is 39.9 Å². The van der Waals surface area contributed by atoms with Crippen LogP contribution in [-0.2, 0) is 6.42 Å². The Morgan fingerprint density at radius 2 is 1.93 bits per heavy atom. The van der Waals surface area contributed by atoms with E-state index in [-0.39, 0.29) is 0 Å². The van der Waals surface area contributed by atoms with Gasteiger partial charge in [0.1, 0.15) is 0 Å². The fraction of sp³-hybridized carbons (Fsp3) is 0.692. The second-order valence-corrected chi connectivity index (χ2v) is 6.93. The summed E-state index contributed by atoms with van der Waals surface area (Å²) < 4.78 is 0. The van der Waals surface area contributed by atoms with Gasteiger partial charge in [-0.15, -0.1) is 11.3 Å². The van der Waals surface area contributed by atoms with Crippen LogP contribution < -0.4 is 5.32 Å². The molecular weight excluding hydrogens is 202 g/mol. The van der Waals surface area contributed by atoms with Gasteiger partial charge < -0.3 is 5.32 Å². The molecule has 84 valence electrons. The van der Waals surface area contributed by atoms with Crippen LogP contribution in [0.1, 0.15) is 47.7 Å². The van der Waals surface area contributed by atoms with Crippen LogP contribution in [0.15, 0.2) is 0 Å². The Morgan fingerprint density at radius 3 is 2.53 bits per heavy atom. The van der Waals surface area contributed by atoms with Crippen LogP contribution in [0.4, 0.5) is 0 Å². The fourth-order valence-corrected chi connectivity index (χ4v) is 3.67. The topological polar surface area (TPSA) is 12.0 Å². The number of fused-ring (bicyclic) bond motifs is 1. The summed E-state index contributed by atoms with van der Waals surface area (Å²) in [6.45, 7) is 12.6. The summed E-state index contributed by atoms with van der Waals surface area (Å²) in [6, 6.07) is 0.534. The molecule has 15 heavy (non-hydrogen) atoms. The Kier molecular flexibility index (Phi) is 2.68. The summed E-state index contributed by atoms with van der Waals surface area (Å²) in [4.78, 5) is 3.11. The highest BCUT2D eigenvalue weighted by Gasteiger charge is 2.32. The van der Waals surface area contributed by atoms with Gasteiger partial charge >= 0.3 is 0 Å². The predicted molar refractivity (Wildman–Crippen MR) is 67.7 cm³/mol. The van der Waals surface area contributed by atoms with Crippen LogP contribution in [0.2, 0.25) is 0 Å². The van der Waals surface area contributed by atoms with Gasteiger partial charge in [0.15, 0.2) is 0 Å². The third-order valence-electron chi connectivity index (χ3n) is 3.36. The predicted octanol–water partition coefficient (Wildman–Crippen LogP) is 3.60. The zero-order chi connectivity index (χ0) is 11.2. The van der Waals surface area contributed by atoms with Gasteiger partial charge in [0.25, 0.3) is 0 Å². The number of hydrogen-bond donors (Lipinski definition) is 1. The first-order valence-corrected chi connectivity index (χ1v) is 6.55. The van der Waals surface area contributed by atoms with Crippen molar-refractivity contribution in [1.29, 1.82) is 0 Å². The molecule has 0 aliphatic carbocycles. The Balaban J connectivity index is 2.50. The molecule has 2 heteroatoms. The molecule has 0 amide bonds. The lowest BCUT2D eigenvalue weighted by atomic mass is 9.79. The number of nitrogens with one attached hydrogen (secondary N) is 1. The maximum atomic E-state index is 3.68. The third kappa shape index (κ3) is 1.85. The average molecular weight is 223 g/mol. The van der Waals surface area contributed by atoms with Crippen LogP contribution >= 0.6 is 11.3 Å². The van der Waals surface area contributed by atoms with Crippen molar-refractivity contribution >= 4 is 11.3 Å². The molecule has 1 aromatic heterocycles. The number of rotatable bonds is 0. The van der Waals surface area contributed by atoms with E-state index in [9.17, 15) is 0 Å². The molecule has 1 aliphatic rings. The van der Waals surface area contributed by atoms with E-state index in [0.29, 0.717) is 11.5 Å². The lowest BCUT2D eigenvalue weighted by Crippen LogP contribution is -2.37. The molecule has 0 saturated heterocycles. The van der Waals surface area contributed by atoms with E-state index >= 15 is 0 Å². The summed E-state index contributed by atoms with van der Waals surface area (Å²) in [5, 5.41) is 3.68. The van der Waals surface area contributed by atoms with Crippen molar-refractivity contribution < 1.29 is 0 Å². The Bertz CT molecular complexity index is 371. The molecule has 1 atom stereocenters. The summed E-state index contributed by atoms with van der Waals surface area (Å²) in [7, 11) is 0.